The van der Waals surface area contributed by atoms with Crippen molar-refractivity contribution in [2.24, 2.45) is 0 Å². The van der Waals surface area contributed by atoms with Gasteiger partial charge in [-0.15, -0.1) is 11.3 Å². The van der Waals surface area contributed by atoms with Crippen LogP contribution in [0.1, 0.15) is 29.6 Å². The number of carbonyl (C=O) groups excluding carboxylic acids is 1. The molecule has 5 rings (SSSR count). The number of amides is 1. The summed E-state index contributed by atoms with van der Waals surface area (Å²) in [5, 5.41) is 4.63. The summed E-state index contributed by atoms with van der Waals surface area (Å²) in [6.07, 6.45) is 2.61. The number of hydrogen-bond donors (Lipinski definition) is 1. The smallest absolute Gasteiger partial charge is 0.259 e. The van der Waals surface area contributed by atoms with Gasteiger partial charge in [-0.25, -0.2) is 22.2 Å². The number of morpholine rings is 1. The number of nitrogens with one attached hydrogen (secondary N) is 1. The highest BCUT2D eigenvalue weighted by atomic mass is 32.2. The minimum Gasteiger partial charge on any atom is -0.378 e. The van der Waals surface area contributed by atoms with E-state index in [9.17, 15) is 22.0 Å². The highest BCUT2D eigenvalue weighted by Gasteiger charge is 2.29. The Morgan fingerprint density at radius 1 is 0.973 bits per heavy atom. The molecule has 2 aliphatic heterocycles. The number of benzene rings is 2. The monoisotopic (exact) mass is 548 g/mol. The second kappa shape index (κ2) is 10.8. The number of sulfonamides is 1. The summed E-state index contributed by atoms with van der Waals surface area (Å²) >= 11 is 1.13. The fraction of sp³-hybridized carbons (Fsp3) is 0.360. The molecule has 0 saturated carbocycles. The van der Waals surface area contributed by atoms with Crippen molar-refractivity contribution in [2.75, 3.05) is 49.6 Å². The van der Waals surface area contributed by atoms with Gasteiger partial charge in [0, 0.05) is 42.8 Å². The molecule has 196 valence electrons. The molecule has 3 heterocycles. The van der Waals surface area contributed by atoms with E-state index in [2.05, 4.69) is 10.3 Å². The van der Waals surface area contributed by atoms with E-state index in [1.54, 1.807) is 17.5 Å². The first-order valence-corrected chi connectivity index (χ1v) is 14.3. The van der Waals surface area contributed by atoms with Gasteiger partial charge in [-0.3, -0.25) is 10.1 Å². The Balaban J connectivity index is 1.45. The van der Waals surface area contributed by atoms with Gasteiger partial charge in [-0.05, 0) is 49.2 Å². The van der Waals surface area contributed by atoms with E-state index < -0.39 is 27.6 Å². The molecule has 0 unspecified atom stereocenters. The summed E-state index contributed by atoms with van der Waals surface area (Å²) in [6, 6.07) is 8.12. The SMILES string of the molecule is O=C(Nc1nc(-c2ccc(F)c(F)c2)cs1)c1cc(S(=O)(=O)N2CCCCC2)ccc1N1CCOCC1. The quantitative estimate of drug-likeness (QED) is 0.493. The molecule has 2 fully saturated rings. The zero-order valence-electron chi connectivity index (χ0n) is 20.0. The van der Waals surface area contributed by atoms with E-state index in [4.69, 9.17) is 4.74 Å². The third kappa shape index (κ3) is 5.52. The van der Waals surface area contributed by atoms with Gasteiger partial charge < -0.3 is 9.64 Å². The van der Waals surface area contributed by atoms with E-state index in [1.807, 2.05) is 4.90 Å². The van der Waals surface area contributed by atoms with Crippen LogP contribution < -0.4 is 10.2 Å². The van der Waals surface area contributed by atoms with Gasteiger partial charge in [0.1, 0.15) is 0 Å². The van der Waals surface area contributed by atoms with Crippen LogP contribution in [0.25, 0.3) is 11.3 Å². The molecule has 1 aromatic heterocycles. The van der Waals surface area contributed by atoms with Crippen molar-refractivity contribution >= 4 is 38.1 Å². The van der Waals surface area contributed by atoms with Crippen LogP contribution >= 0.6 is 11.3 Å². The van der Waals surface area contributed by atoms with Crippen LogP contribution in [0, 0.1) is 11.6 Å². The lowest BCUT2D eigenvalue weighted by Gasteiger charge is -2.31. The molecule has 0 aliphatic carbocycles. The number of rotatable bonds is 6. The summed E-state index contributed by atoms with van der Waals surface area (Å²) in [5.41, 5.74) is 1.58. The predicted octanol–water partition coefficient (Wildman–Crippen LogP) is 4.35. The number of anilines is 2. The lowest BCUT2D eigenvalue weighted by atomic mass is 10.1. The molecule has 0 radical (unpaired) electrons. The number of nitrogens with zero attached hydrogens (tertiary/aromatic N) is 3. The van der Waals surface area contributed by atoms with Crippen LogP contribution in [0.5, 0.6) is 0 Å². The van der Waals surface area contributed by atoms with Gasteiger partial charge in [0.15, 0.2) is 16.8 Å². The van der Waals surface area contributed by atoms with E-state index >= 15 is 0 Å². The number of ether oxygens (including phenoxy) is 1. The highest BCUT2D eigenvalue weighted by molar-refractivity contribution is 7.89. The van der Waals surface area contributed by atoms with Crippen LogP contribution in [-0.2, 0) is 14.8 Å². The second-order valence-electron chi connectivity index (χ2n) is 8.86. The molecular weight excluding hydrogens is 522 g/mol. The minimum atomic E-state index is -3.75. The van der Waals surface area contributed by atoms with Crippen molar-refractivity contribution in [1.82, 2.24) is 9.29 Å². The van der Waals surface area contributed by atoms with Gasteiger partial charge in [0.2, 0.25) is 10.0 Å². The number of aromatic nitrogens is 1. The van der Waals surface area contributed by atoms with Crippen LogP contribution in [0.2, 0.25) is 0 Å². The Labute approximate surface area is 217 Å². The molecule has 3 aromatic rings. The second-order valence-corrected chi connectivity index (χ2v) is 11.7. The average molecular weight is 549 g/mol. The van der Waals surface area contributed by atoms with Crippen molar-refractivity contribution < 1.29 is 26.7 Å². The Morgan fingerprint density at radius 2 is 1.73 bits per heavy atom. The molecule has 1 N–H and O–H groups in total. The predicted molar refractivity (Wildman–Crippen MR) is 138 cm³/mol. The fourth-order valence-corrected chi connectivity index (χ4v) is 6.73. The topological polar surface area (TPSA) is 91.8 Å². The normalized spacial score (nSPS) is 17.1. The molecule has 37 heavy (non-hydrogen) atoms. The van der Waals surface area contributed by atoms with Crippen LogP contribution in [0.15, 0.2) is 46.7 Å². The van der Waals surface area contributed by atoms with Gasteiger partial charge >= 0.3 is 0 Å². The van der Waals surface area contributed by atoms with Gasteiger partial charge in [0.05, 0.1) is 29.4 Å². The maximum atomic E-state index is 13.7. The zero-order chi connectivity index (χ0) is 26.0. The first-order valence-electron chi connectivity index (χ1n) is 12.0. The van der Waals surface area contributed by atoms with E-state index in [0.717, 1.165) is 42.7 Å². The Kier molecular flexibility index (Phi) is 7.52. The third-order valence-electron chi connectivity index (χ3n) is 6.46. The number of halogens is 2. The maximum absolute atomic E-state index is 13.7. The number of hydrogen-bond acceptors (Lipinski definition) is 7. The summed E-state index contributed by atoms with van der Waals surface area (Å²) < 4.78 is 60.5. The van der Waals surface area contributed by atoms with E-state index in [1.165, 1.54) is 16.4 Å². The molecule has 1 amide bonds. The molecule has 0 bridgehead atoms. The molecule has 2 aromatic carbocycles. The number of piperidine rings is 1. The van der Waals surface area contributed by atoms with E-state index in [0.29, 0.717) is 56.3 Å². The van der Waals surface area contributed by atoms with Crippen molar-refractivity contribution in [3.05, 3.63) is 59.0 Å². The highest BCUT2D eigenvalue weighted by Crippen LogP contribution is 2.30. The number of carbonyl (C=O) groups is 1. The molecule has 12 heteroatoms. The summed E-state index contributed by atoms with van der Waals surface area (Å²) in [5.74, 6) is -2.45. The third-order valence-corrected chi connectivity index (χ3v) is 9.11. The molecule has 2 saturated heterocycles. The molecule has 8 nitrogen and oxygen atoms in total. The average Bonchev–Trinajstić information content (AvgIpc) is 3.39. The Hall–Kier alpha value is -2.93. The minimum absolute atomic E-state index is 0.0678. The first kappa shape index (κ1) is 25.7. The van der Waals surface area contributed by atoms with Crippen molar-refractivity contribution in [2.45, 2.75) is 24.2 Å². The standard InChI is InChI=1S/C25H26F2N4O4S2/c26-20-6-4-17(14-21(20)27)22-16-36-25(28-22)29-24(32)19-15-18(37(33,34)31-8-2-1-3-9-31)5-7-23(19)30-10-12-35-13-11-30/h4-7,14-16H,1-3,8-13H2,(H,28,29,32). The zero-order valence-corrected chi connectivity index (χ0v) is 21.6. The van der Waals surface area contributed by atoms with Crippen LogP contribution in [0.3, 0.4) is 0 Å². The largest absolute Gasteiger partial charge is 0.378 e. The van der Waals surface area contributed by atoms with E-state index in [-0.39, 0.29) is 15.6 Å². The maximum Gasteiger partial charge on any atom is 0.259 e. The summed E-state index contributed by atoms with van der Waals surface area (Å²) in [6.45, 7) is 3.05. The van der Waals surface area contributed by atoms with Crippen LogP contribution in [0.4, 0.5) is 19.6 Å². The van der Waals surface area contributed by atoms with Crippen molar-refractivity contribution in [3.63, 3.8) is 0 Å². The first-order chi connectivity index (χ1) is 17.8. The van der Waals surface area contributed by atoms with Gasteiger partial charge in [-0.2, -0.15) is 4.31 Å². The number of thiazole rings is 1. The Morgan fingerprint density at radius 3 is 2.46 bits per heavy atom. The lowest BCUT2D eigenvalue weighted by molar-refractivity contribution is 0.102. The summed E-state index contributed by atoms with van der Waals surface area (Å²) in [7, 11) is -3.75. The molecule has 0 spiro atoms. The molecule has 2 aliphatic rings. The van der Waals surface area contributed by atoms with Crippen LogP contribution in [-0.4, -0.2) is 63.0 Å². The van der Waals surface area contributed by atoms with Crippen molar-refractivity contribution in [1.29, 1.82) is 0 Å². The summed E-state index contributed by atoms with van der Waals surface area (Å²) in [4.78, 5) is 19.9. The molecular formula is C25H26F2N4O4S2. The van der Waals surface area contributed by atoms with Crippen molar-refractivity contribution in [3.8, 4) is 11.3 Å². The molecule has 0 atom stereocenters. The Bertz CT molecular complexity index is 1400. The van der Waals surface area contributed by atoms with Gasteiger partial charge in [0.25, 0.3) is 5.91 Å². The lowest BCUT2D eigenvalue weighted by Crippen LogP contribution is -2.38. The van der Waals surface area contributed by atoms with Gasteiger partial charge in [-0.1, -0.05) is 6.42 Å². The fourth-order valence-electron chi connectivity index (χ4n) is 4.48.